The first-order valence-corrected chi connectivity index (χ1v) is 6.73. The van der Waals surface area contributed by atoms with Gasteiger partial charge in [0.25, 0.3) is 0 Å². The fourth-order valence-electron chi connectivity index (χ4n) is 2.52. The summed E-state index contributed by atoms with van der Waals surface area (Å²) < 4.78 is 5.33. The molecule has 1 aromatic carbocycles. The van der Waals surface area contributed by atoms with Crippen LogP contribution in [0.25, 0.3) is 0 Å². The third-order valence-corrected chi connectivity index (χ3v) is 3.73. The molecule has 0 heterocycles. The van der Waals surface area contributed by atoms with Crippen LogP contribution in [-0.2, 0) is 0 Å². The molecule has 0 radical (unpaired) electrons. The van der Waals surface area contributed by atoms with E-state index in [0.29, 0.717) is 6.04 Å². The molecule has 3 rings (SSSR count). The van der Waals surface area contributed by atoms with E-state index in [1.165, 1.54) is 25.7 Å². The molecule has 0 saturated heterocycles. The normalized spacial score (nSPS) is 18.4. The quantitative estimate of drug-likeness (QED) is 0.833. The Kier molecular flexibility index (Phi) is 3.10. The highest BCUT2D eigenvalue weighted by atomic mass is 16.5. The van der Waals surface area contributed by atoms with Gasteiger partial charge < -0.3 is 10.1 Å². The summed E-state index contributed by atoms with van der Waals surface area (Å²) in [4.78, 5) is 0. The van der Waals surface area contributed by atoms with Crippen molar-refractivity contribution in [3.05, 3.63) is 24.3 Å². The van der Waals surface area contributed by atoms with Gasteiger partial charge in [-0.1, -0.05) is 6.07 Å². The van der Waals surface area contributed by atoms with Crippen LogP contribution in [0.5, 0.6) is 5.75 Å². The van der Waals surface area contributed by atoms with E-state index < -0.39 is 0 Å². The van der Waals surface area contributed by atoms with Crippen LogP contribution in [0.15, 0.2) is 24.3 Å². The van der Waals surface area contributed by atoms with Gasteiger partial charge in [-0.25, -0.2) is 0 Å². The highest BCUT2D eigenvalue weighted by molar-refractivity contribution is 5.49. The second kappa shape index (κ2) is 4.89. The Morgan fingerprint density at radius 1 is 1.28 bits per heavy atom. The second-order valence-corrected chi connectivity index (χ2v) is 5.32. The largest absolute Gasteiger partial charge is 0.479 e. The maximum atomic E-state index is 8.51. The molecule has 1 aromatic rings. The van der Waals surface area contributed by atoms with Crippen molar-refractivity contribution in [3.63, 3.8) is 0 Å². The van der Waals surface area contributed by atoms with Crippen molar-refractivity contribution in [2.24, 2.45) is 11.8 Å². The van der Waals surface area contributed by atoms with Crippen LogP contribution in [0, 0.1) is 23.2 Å². The number of nitriles is 1. The molecule has 2 aliphatic rings. The Morgan fingerprint density at radius 3 is 2.61 bits per heavy atom. The maximum Gasteiger partial charge on any atom is 0.174 e. The zero-order valence-electron chi connectivity index (χ0n) is 10.4. The summed E-state index contributed by atoms with van der Waals surface area (Å²) >= 11 is 0. The average molecular weight is 242 g/mol. The van der Waals surface area contributed by atoms with Crippen molar-refractivity contribution >= 4 is 5.69 Å². The molecule has 1 N–H and O–H groups in total. The van der Waals surface area contributed by atoms with Crippen molar-refractivity contribution in [1.29, 1.82) is 5.26 Å². The van der Waals surface area contributed by atoms with Gasteiger partial charge in [-0.2, -0.15) is 5.26 Å². The summed E-state index contributed by atoms with van der Waals surface area (Å²) in [6.07, 6.45) is 5.50. The Morgan fingerprint density at radius 2 is 2.00 bits per heavy atom. The zero-order chi connectivity index (χ0) is 12.4. The van der Waals surface area contributed by atoms with Gasteiger partial charge in [0.2, 0.25) is 0 Å². The van der Waals surface area contributed by atoms with Crippen LogP contribution in [0.4, 0.5) is 5.69 Å². The molecule has 0 atom stereocenters. The average Bonchev–Trinajstić information content (AvgIpc) is 3.28. The first kappa shape index (κ1) is 11.4. The van der Waals surface area contributed by atoms with E-state index in [9.17, 15) is 0 Å². The Hall–Kier alpha value is -1.69. The van der Waals surface area contributed by atoms with E-state index in [-0.39, 0.29) is 6.61 Å². The van der Waals surface area contributed by atoms with Gasteiger partial charge in [0.05, 0.1) is 0 Å². The molecule has 0 amide bonds. The van der Waals surface area contributed by atoms with Crippen molar-refractivity contribution in [3.8, 4) is 11.8 Å². The SMILES string of the molecule is N#CCOc1cccc(NC(C2CC2)C2CC2)c1. The minimum absolute atomic E-state index is 0.109. The van der Waals surface area contributed by atoms with Gasteiger partial charge in [0.1, 0.15) is 11.8 Å². The molecule has 0 spiro atoms. The molecule has 18 heavy (non-hydrogen) atoms. The molecule has 0 unspecified atom stereocenters. The van der Waals surface area contributed by atoms with Gasteiger partial charge in [-0.15, -0.1) is 0 Å². The Labute approximate surface area is 108 Å². The van der Waals surface area contributed by atoms with Gasteiger partial charge in [-0.3, -0.25) is 0 Å². The third kappa shape index (κ3) is 2.76. The predicted octanol–water partition coefficient (Wildman–Crippen LogP) is 3.19. The minimum Gasteiger partial charge on any atom is -0.479 e. The zero-order valence-corrected chi connectivity index (χ0v) is 10.4. The molecule has 0 aromatic heterocycles. The van der Waals surface area contributed by atoms with Crippen LogP contribution in [-0.4, -0.2) is 12.6 Å². The molecular formula is C15H18N2O. The standard InChI is InChI=1S/C15H18N2O/c16-8-9-18-14-3-1-2-13(10-14)17-15(11-4-5-11)12-6-7-12/h1-3,10-12,15,17H,4-7,9H2. The molecule has 94 valence electrons. The summed E-state index contributed by atoms with van der Waals surface area (Å²) in [5, 5.41) is 12.2. The third-order valence-electron chi connectivity index (χ3n) is 3.73. The number of anilines is 1. The van der Waals surface area contributed by atoms with Crippen molar-refractivity contribution in [2.45, 2.75) is 31.7 Å². The van der Waals surface area contributed by atoms with Crippen LogP contribution in [0.2, 0.25) is 0 Å². The fraction of sp³-hybridized carbons (Fsp3) is 0.533. The monoisotopic (exact) mass is 242 g/mol. The summed E-state index contributed by atoms with van der Waals surface area (Å²) in [6.45, 7) is 0.109. The lowest BCUT2D eigenvalue weighted by molar-refractivity contribution is 0.368. The van der Waals surface area contributed by atoms with Crippen LogP contribution < -0.4 is 10.1 Å². The predicted molar refractivity (Wildman–Crippen MR) is 70.4 cm³/mol. The lowest BCUT2D eigenvalue weighted by Gasteiger charge is -2.19. The lowest BCUT2D eigenvalue weighted by atomic mass is 10.1. The number of rotatable bonds is 6. The first-order chi connectivity index (χ1) is 8.86. The molecule has 0 bridgehead atoms. The molecule has 3 heteroatoms. The van der Waals surface area contributed by atoms with E-state index in [2.05, 4.69) is 11.4 Å². The minimum atomic E-state index is 0.109. The number of benzene rings is 1. The summed E-state index contributed by atoms with van der Waals surface area (Å²) in [5.74, 6) is 2.52. The van der Waals surface area contributed by atoms with Crippen molar-refractivity contribution in [2.75, 3.05) is 11.9 Å². The number of ether oxygens (including phenoxy) is 1. The van der Waals surface area contributed by atoms with E-state index in [1.54, 1.807) is 0 Å². The van der Waals surface area contributed by atoms with Crippen LogP contribution >= 0.6 is 0 Å². The van der Waals surface area contributed by atoms with E-state index in [4.69, 9.17) is 10.00 Å². The van der Waals surface area contributed by atoms with E-state index >= 15 is 0 Å². The molecule has 3 nitrogen and oxygen atoms in total. The second-order valence-electron chi connectivity index (χ2n) is 5.32. The molecular weight excluding hydrogens is 224 g/mol. The molecule has 2 fully saturated rings. The molecule has 2 saturated carbocycles. The summed E-state index contributed by atoms with van der Waals surface area (Å²) in [6, 6.07) is 10.6. The van der Waals surface area contributed by atoms with Crippen LogP contribution in [0.1, 0.15) is 25.7 Å². The highest BCUT2D eigenvalue weighted by Gasteiger charge is 2.41. The van der Waals surface area contributed by atoms with Crippen LogP contribution in [0.3, 0.4) is 0 Å². The Balaban J connectivity index is 1.65. The lowest BCUT2D eigenvalue weighted by Crippen LogP contribution is -2.24. The summed E-state index contributed by atoms with van der Waals surface area (Å²) in [5.41, 5.74) is 1.12. The van der Waals surface area contributed by atoms with Gasteiger partial charge >= 0.3 is 0 Å². The number of hydrogen-bond donors (Lipinski definition) is 1. The summed E-state index contributed by atoms with van der Waals surface area (Å²) in [7, 11) is 0. The molecule has 0 aliphatic heterocycles. The van der Waals surface area contributed by atoms with Crippen molar-refractivity contribution in [1.82, 2.24) is 0 Å². The molecule has 2 aliphatic carbocycles. The topological polar surface area (TPSA) is 45.0 Å². The number of nitrogens with one attached hydrogen (secondary N) is 1. The van der Waals surface area contributed by atoms with E-state index in [0.717, 1.165) is 23.3 Å². The van der Waals surface area contributed by atoms with Gasteiger partial charge in [0.15, 0.2) is 6.61 Å². The van der Waals surface area contributed by atoms with Gasteiger partial charge in [-0.05, 0) is 49.7 Å². The smallest absolute Gasteiger partial charge is 0.174 e. The van der Waals surface area contributed by atoms with E-state index in [1.807, 2.05) is 24.3 Å². The number of hydrogen-bond acceptors (Lipinski definition) is 3. The first-order valence-electron chi connectivity index (χ1n) is 6.73. The van der Waals surface area contributed by atoms with Gasteiger partial charge in [0, 0.05) is 17.8 Å². The maximum absolute atomic E-state index is 8.51. The van der Waals surface area contributed by atoms with Crippen molar-refractivity contribution < 1.29 is 4.74 Å². The Bertz CT molecular complexity index is 446. The fourth-order valence-corrected chi connectivity index (χ4v) is 2.52. The highest BCUT2D eigenvalue weighted by Crippen LogP contribution is 2.45. The number of nitrogens with zero attached hydrogens (tertiary/aromatic N) is 1.